The summed E-state index contributed by atoms with van der Waals surface area (Å²) >= 11 is 0. The van der Waals surface area contributed by atoms with Crippen LogP contribution < -0.4 is 26.6 Å². The van der Waals surface area contributed by atoms with Crippen molar-refractivity contribution in [3.05, 3.63) is 53.3 Å². The smallest absolute Gasteiger partial charge is 0.317 e. The van der Waals surface area contributed by atoms with Gasteiger partial charge in [0, 0.05) is 123 Å². The van der Waals surface area contributed by atoms with E-state index in [0.717, 1.165) is 37.9 Å². The third kappa shape index (κ3) is 24.9. The van der Waals surface area contributed by atoms with Crippen molar-refractivity contribution in [3.8, 4) is 28.6 Å². The summed E-state index contributed by atoms with van der Waals surface area (Å²) in [5.41, 5.74) is 2.52. The van der Waals surface area contributed by atoms with Crippen LogP contribution in [0.15, 0.2) is 36.4 Å². The van der Waals surface area contributed by atoms with Gasteiger partial charge in [0.05, 0.1) is 71.4 Å². The van der Waals surface area contributed by atoms with Gasteiger partial charge in [-0.05, 0) is 60.4 Å². The predicted octanol–water partition coefficient (Wildman–Crippen LogP) is -0.553. The van der Waals surface area contributed by atoms with Crippen molar-refractivity contribution in [2.75, 3.05) is 164 Å². The van der Waals surface area contributed by atoms with E-state index in [2.05, 4.69) is 36.8 Å². The SMILES string of the molecule is CC(=O)N1CCC(Cc2ccc(-n3c(C(=O)NCCNC(=O)CCOCCOCCOCCNC(=O)NCCNC(=O)CN4CCN(CC(=O)O)CCN(CC(=O)O)CCN(CC(=O)O)CC4)nnc3-c3cc(C(C)C)c(O)cc3O)cc2)CC1. The molecule has 0 atom stereocenters. The highest BCUT2D eigenvalue weighted by Gasteiger charge is 2.27. The van der Waals surface area contributed by atoms with Gasteiger partial charge in [-0.15, -0.1) is 10.2 Å². The first kappa shape index (κ1) is 68.2. The fraction of sp³-hybridized carbons (Fsp3) is 0.607. The molecule has 2 aliphatic rings. The summed E-state index contributed by atoms with van der Waals surface area (Å²) < 4.78 is 18.1. The molecule has 29 heteroatoms. The van der Waals surface area contributed by atoms with Crippen molar-refractivity contribution in [1.82, 2.24) is 65.8 Å². The molecule has 2 aliphatic heterocycles. The van der Waals surface area contributed by atoms with E-state index in [4.69, 9.17) is 14.2 Å². The number of aromatic hydroxyl groups is 2. The Balaban J connectivity index is 0.917. The number of carboxylic acid groups (broad SMARTS) is 3. The van der Waals surface area contributed by atoms with Gasteiger partial charge in [-0.25, -0.2) is 4.79 Å². The standard InChI is InChI=1S/C56H85N13O16/c1-39(2)44-33-45(47(72)34-46(44)71)53-62-63-54(69(53)43-6-4-41(5-7-43)32-42-8-16-68(17-9-42)40(3)70)55(81)59-13-11-57-48(73)10-26-83-28-30-85-31-29-84-27-15-61-56(82)60-14-12-58-49(74)35-64-18-20-65(36-50(75)76)22-24-67(38-52(79)80)25-23-66(21-19-64)37-51(77)78/h4-7,33-34,39,42,71-72H,8-32,35-38H2,1-3H3,(H,57,73)(H,58,74)(H,59,81)(H,75,76)(H,77,78)(H,79,80)(H2,60,61,82). The molecule has 29 nitrogen and oxygen atoms in total. The number of nitrogens with one attached hydrogen (secondary N) is 5. The van der Waals surface area contributed by atoms with Crippen LogP contribution in [0.4, 0.5) is 4.79 Å². The number of nitrogens with zero attached hydrogens (tertiary/aromatic N) is 8. The molecule has 0 unspecified atom stereocenters. The number of carbonyl (C=O) groups excluding carboxylic acids is 5. The molecule has 2 saturated heterocycles. The van der Waals surface area contributed by atoms with E-state index in [9.17, 15) is 63.9 Å². The van der Waals surface area contributed by atoms with Gasteiger partial charge in [-0.2, -0.15) is 0 Å². The maximum atomic E-state index is 13.7. The molecule has 0 saturated carbocycles. The largest absolute Gasteiger partial charge is 0.508 e. The minimum Gasteiger partial charge on any atom is -0.508 e. The summed E-state index contributed by atoms with van der Waals surface area (Å²) in [6.07, 6.45) is 2.72. The maximum absolute atomic E-state index is 13.7. The van der Waals surface area contributed by atoms with Crippen molar-refractivity contribution in [2.24, 2.45) is 5.92 Å². The average molecular weight is 1200 g/mol. The van der Waals surface area contributed by atoms with Crippen molar-refractivity contribution in [1.29, 1.82) is 0 Å². The molecule has 3 aromatic rings. The van der Waals surface area contributed by atoms with Crippen LogP contribution in [0.5, 0.6) is 11.5 Å². The monoisotopic (exact) mass is 1200 g/mol. The Kier molecular flexibility index (Phi) is 29.2. The van der Waals surface area contributed by atoms with E-state index in [-0.39, 0.29) is 197 Å². The number of hydrogen-bond donors (Lipinski definition) is 10. The van der Waals surface area contributed by atoms with Crippen LogP contribution in [-0.4, -0.2) is 276 Å². The number of hydrogen-bond acceptors (Lipinski definition) is 19. The number of piperidine rings is 1. The molecule has 1 aromatic heterocycles. The van der Waals surface area contributed by atoms with Crippen molar-refractivity contribution < 1.29 is 78.1 Å². The first-order chi connectivity index (χ1) is 40.8. The minimum absolute atomic E-state index is 0.0515. The van der Waals surface area contributed by atoms with E-state index >= 15 is 0 Å². The number of amides is 6. The second-order valence-electron chi connectivity index (χ2n) is 21.1. The predicted molar refractivity (Wildman–Crippen MR) is 308 cm³/mol. The van der Waals surface area contributed by atoms with Gasteiger partial charge >= 0.3 is 23.9 Å². The molecule has 6 amide bonds. The van der Waals surface area contributed by atoms with Crippen molar-refractivity contribution in [2.45, 2.75) is 52.4 Å². The molecule has 0 radical (unpaired) electrons. The first-order valence-corrected chi connectivity index (χ1v) is 28.7. The molecule has 10 N–H and O–H groups in total. The second-order valence-corrected chi connectivity index (χ2v) is 21.1. The average Bonchev–Trinajstić information content (AvgIpc) is 3.05. The molecule has 0 bridgehead atoms. The highest BCUT2D eigenvalue weighted by Crippen LogP contribution is 2.38. The normalized spacial score (nSPS) is 15.4. The topological polar surface area (TPSA) is 372 Å². The number of aromatic nitrogens is 3. The van der Waals surface area contributed by atoms with Crippen LogP contribution in [0.2, 0.25) is 0 Å². The molecular formula is C56H85N13O16. The van der Waals surface area contributed by atoms with Crippen molar-refractivity contribution >= 4 is 47.6 Å². The van der Waals surface area contributed by atoms with Gasteiger partial charge in [-0.1, -0.05) is 26.0 Å². The highest BCUT2D eigenvalue weighted by molar-refractivity contribution is 5.92. The summed E-state index contributed by atoms with van der Waals surface area (Å²) in [7, 11) is 0. The molecule has 2 fully saturated rings. The third-order valence-electron chi connectivity index (χ3n) is 14.2. The Bertz CT molecular complexity index is 2620. The number of phenols is 2. The summed E-state index contributed by atoms with van der Waals surface area (Å²) in [6.45, 7) is 10.2. The van der Waals surface area contributed by atoms with Gasteiger partial charge in [0.2, 0.25) is 23.5 Å². The van der Waals surface area contributed by atoms with Crippen LogP contribution in [0.1, 0.15) is 67.7 Å². The number of carbonyl (C=O) groups is 8. The molecule has 470 valence electrons. The number of benzene rings is 2. The third-order valence-corrected chi connectivity index (χ3v) is 14.2. The van der Waals surface area contributed by atoms with Crippen LogP contribution in [0, 0.1) is 5.92 Å². The number of urea groups is 1. The van der Waals surface area contributed by atoms with E-state index in [0.29, 0.717) is 30.3 Å². The van der Waals surface area contributed by atoms with E-state index < -0.39 is 29.8 Å². The zero-order valence-corrected chi connectivity index (χ0v) is 48.9. The van der Waals surface area contributed by atoms with E-state index in [1.165, 1.54) is 6.07 Å². The lowest BCUT2D eigenvalue weighted by atomic mass is 9.90. The summed E-state index contributed by atoms with van der Waals surface area (Å²) in [5, 5.41) is 71.9. The number of phenolic OH excluding ortho intramolecular Hbond substituents is 2. The zero-order valence-electron chi connectivity index (χ0n) is 48.9. The van der Waals surface area contributed by atoms with Crippen LogP contribution in [0.3, 0.4) is 0 Å². The van der Waals surface area contributed by atoms with Gasteiger partial charge in [-0.3, -0.25) is 57.7 Å². The lowest BCUT2D eigenvalue weighted by molar-refractivity contribution is -0.140. The Morgan fingerprint density at radius 1 is 0.565 bits per heavy atom. The number of rotatable bonds is 32. The lowest BCUT2D eigenvalue weighted by Gasteiger charge is -2.32. The molecule has 85 heavy (non-hydrogen) atoms. The van der Waals surface area contributed by atoms with Crippen molar-refractivity contribution in [3.63, 3.8) is 0 Å². The highest BCUT2D eigenvalue weighted by atomic mass is 16.5. The molecule has 5 rings (SSSR count). The first-order valence-electron chi connectivity index (χ1n) is 28.7. The van der Waals surface area contributed by atoms with Gasteiger partial charge in [0.1, 0.15) is 11.5 Å². The summed E-state index contributed by atoms with van der Waals surface area (Å²) in [6, 6.07) is 10.1. The molecule has 3 heterocycles. The minimum atomic E-state index is -1.05. The molecular weight excluding hydrogens is 1110 g/mol. The molecule has 0 aliphatic carbocycles. The Morgan fingerprint density at radius 3 is 1.58 bits per heavy atom. The van der Waals surface area contributed by atoms with Gasteiger partial charge < -0.3 is 71.2 Å². The Hall–Kier alpha value is -7.54. The second kappa shape index (κ2) is 36.3. The molecule has 2 aromatic carbocycles. The number of likely N-dealkylation sites (tertiary alicyclic amines) is 1. The number of ether oxygens (including phenoxy) is 3. The van der Waals surface area contributed by atoms with Crippen LogP contribution in [0.25, 0.3) is 17.1 Å². The number of carboxylic acids is 3. The quantitative estimate of drug-likeness (QED) is 0.0351. The fourth-order valence-corrected chi connectivity index (χ4v) is 9.63. The molecule has 0 spiro atoms. The van der Waals surface area contributed by atoms with E-state index in [1.54, 1.807) is 37.2 Å². The lowest BCUT2D eigenvalue weighted by Crippen LogP contribution is -2.50. The summed E-state index contributed by atoms with van der Waals surface area (Å²) in [5.74, 6) is -4.09. The summed E-state index contributed by atoms with van der Waals surface area (Å²) in [4.78, 5) is 106. The van der Waals surface area contributed by atoms with Gasteiger partial charge in [0.15, 0.2) is 5.82 Å². The fourth-order valence-electron chi connectivity index (χ4n) is 9.63. The Labute approximate surface area is 494 Å². The Morgan fingerprint density at radius 2 is 1.05 bits per heavy atom. The maximum Gasteiger partial charge on any atom is 0.317 e. The van der Waals surface area contributed by atoms with E-state index in [1.807, 2.05) is 43.0 Å². The van der Waals surface area contributed by atoms with Crippen LogP contribution >= 0.6 is 0 Å². The number of aliphatic carboxylic acids is 3. The van der Waals surface area contributed by atoms with Gasteiger partial charge in [0.25, 0.3) is 5.91 Å². The zero-order chi connectivity index (χ0) is 61.7. The van der Waals surface area contributed by atoms with Crippen LogP contribution in [-0.2, 0) is 49.4 Å².